The maximum atomic E-state index is 3.70. The van der Waals surface area contributed by atoms with E-state index in [-0.39, 0.29) is 0 Å². The molecule has 0 spiro atoms. The van der Waals surface area contributed by atoms with E-state index in [1.165, 1.54) is 21.6 Å². The Labute approximate surface area is 120 Å². The van der Waals surface area contributed by atoms with Crippen LogP contribution in [0, 0.1) is 19.8 Å². The lowest BCUT2D eigenvalue weighted by molar-refractivity contribution is 0.416. The van der Waals surface area contributed by atoms with Crippen LogP contribution in [0.1, 0.15) is 41.5 Å². The van der Waals surface area contributed by atoms with E-state index >= 15 is 0 Å². The molecule has 0 aliphatic rings. The number of hydrogen-bond acceptors (Lipinski definition) is 2. The minimum Gasteiger partial charge on any atom is -0.305 e. The summed E-state index contributed by atoms with van der Waals surface area (Å²) in [4.78, 5) is 1.43. The number of aryl methyl sites for hydroxylation is 2. The smallest absolute Gasteiger partial charge is 0.0440 e. The van der Waals surface area contributed by atoms with Crippen LogP contribution in [0.15, 0.2) is 35.7 Å². The van der Waals surface area contributed by atoms with E-state index in [4.69, 9.17) is 0 Å². The lowest BCUT2D eigenvalue weighted by Gasteiger charge is -2.21. The SMILES string of the molecule is Cc1cc(C)cc(CNC(c2cccs2)C(C)C)c1. The van der Waals surface area contributed by atoms with Crippen molar-refractivity contribution in [1.29, 1.82) is 0 Å². The standard InChI is InChI=1S/C17H23NS/c1-12(2)17(16-6-5-7-19-16)18-11-15-9-13(3)8-14(4)10-15/h5-10,12,17-18H,11H2,1-4H3. The molecular formula is C17H23NS. The van der Waals surface area contributed by atoms with Crippen LogP contribution < -0.4 is 5.32 Å². The Kier molecular flexibility index (Phi) is 4.78. The fraction of sp³-hybridized carbons (Fsp3) is 0.412. The summed E-state index contributed by atoms with van der Waals surface area (Å²) in [5.74, 6) is 0.601. The molecule has 19 heavy (non-hydrogen) atoms. The van der Waals surface area contributed by atoms with Crippen molar-refractivity contribution >= 4 is 11.3 Å². The maximum absolute atomic E-state index is 3.70. The minimum atomic E-state index is 0.445. The Morgan fingerprint density at radius 3 is 2.32 bits per heavy atom. The quantitative estimate of drug-likeness (QED) is 0.821. The van der Waals surface area contributed by atoms with Gasteiger partial charge in [-0.3, -0.25) is 0 Å². The van der Waals surface area contributed by atoms with Gasteiger partial charge >= 0.3 is 0 Å². The minimum absolute atomic E-state index is 0.445. The van der Waals surface area contributed by atoms with Gasteiger partial charge in [0.2, 0.25) is 0 Å². The van der Waals surface area contributed by atoms with Gasteiger partial charge in [-0.1, -0.05) is 49.2 Å². The third kappa shape index (κ3) is 3.92. The van der Waals surface area contributed by atoms with Gasteiger partial charge in [-0.25, -0.2) is 0 Å². The summed E-state index contributed by atoms with van der Waals surface area (Å²) >= 11 is 1.84. The zero-order valence-corrected chi connectivity index (χ0v) is 13.1. The topological polar surface area (TPSA) is 12.0 Å². The van der Waals surface area contributed by atoms with E-state index < -0.39 is 0 Å². The zero-order chi connectivity index (χ0) is 13.8. The summed E-state index contributed by atoms with van der Waals surface area (Å²) in [6, 6.07) is 11.6. The zero-order valence-electron chi connectivity index (χ0n) is 12.2. The Morgan fingerprint density at radius 2 is 1.79 bits per heavy atom. The first-order valence-electron chi connectivity index (χ1n) is 6.90. The Bertz CT molecular complexity index is 494. The van der Waals surface area contributed by atoms with Gasteiger partial charge in [0.25, 0.3) is 0 Å². The summed E-state index contributed by atoms with van der Waals surface area (Å²) in [6.45, 7) is 9.81. The van der Waals surface area contributed by atoms with Gasteiger partial charge < -0.3 is 5.32 Å². The van der Waals surface area contributed by atoms with E-state index in [0.29, 0.717) is 12.0 Å². The molecule has 2 aromatic rings. The molecule has 1 nitrogen and oxygen atoms in total. The van der Waals surface area contributed by atoms with E-state index in [2.05, 4.69) is 68.7 Å². The molecule has 2 heteroatoms. The Balaban J connectivity index is 2.07. The number of hydrogen-bond donors (Lipinski definition) is 1. The van der Waals surface area contributed by atoms with Gasteiger partial charge in [0.1, 0.15) is 0 Å². The Hall–Kier alpha value is -1.12. The number of thiophene rings is 1. The van der Waals surface area contributed by atoms with Gasteiger partial charge in [0.15, 0.2) is 0 Å². The second kappa shape index (κ2) is 6.36. The normalized spacial score (nSPS) is 12.9. The summed E-state index contributed by atoms with van der Waals surface area (Å²) in [5, 5.41) is 5.86. The van der Waals surface area contributed by atoms with Crippen molar-refractivity contribution in [3.05, 3.63) is 57.3 Å². The highest BCUT2D eigenvalue weighted by atomic mass is 32.1. The lowest BCUT2D eigenvalue weighted by Crippen LogP contribution is -2.24. The van der Waals surface area contributed by atoms with Crippen LogP contribution in [0.4, 0.5) is 0 Å². The van der Waals surface area contributed by atoms with Crippen molar-refractivity contribution in [2.24, 2.45) is 5.92 Å². The highest BCUT2D eigenvalue weighted by molar-refractivity contribution is 7.10. The summed E-state index contributed by atoms with van der Waals surface area (Å²) < 4.78 is 0. The number of benzene rings is 1. The van der Waals surface area contributed by atoms with E-state index in [1.54, 1.807) is 0 Å². The molecule has 2 rings (SSSR count). The van der Waals surface area contributed by atoms with Gasteiger partial charge in [0, 0.05) is 17.5 Å². The molecule has 0 saturated heterocycles. The second-order valence-electron chi connectivity index (χ2n) is 5.61. The summed E-state index contributed by atoms with van der Waals surface area (Å²) in [6.07, 6.45) is 0. The fourth-order valence-electron chi connectivity index (χ4n) is 2.53. The average molecular weight is 273 g/mol. The van der Waals surface area contributed by atoms with Crippen molar-refractivity contribution in [1.82, 2.24) is 5.32 Å². The van der Waals surface area contributed by atoms with Gasteiger partial charge in [-0.15, -0.1) is 11.3 Å². The molecule has 1 heterocycles. The predicted molar refractivity (Wildman–Crippen MR) is 84.7 cm³/mol. The van der Waals surface area contributed by atoms with Crippen LogP contribution in [-0.4, -0.2) is 0 Å². The molecule has 0 bridgehead atoms. The molecule has 1 aromatic heterocycles. The van der Waals surface area contributed by atoms with E-state index in [1.807, 2.05) is 11.3 Å². The van der Waals surface area contributed by atoms with Gasteiger partial charge in [0.05, 0.1) is 0 Å². The van der Waals surface area contributed by atoms with Crippen LogP contribution in [0.5, 0.6) is 0 Å². The molecule has 1 N–H and O–H groups in total. The van der Waals surface area contributed by atoms with E-state index in [0.717, 1.165) is 6.54 Å². The molecular weight excluding hydrogens is 250 g/mol. The predicted octanol–water partition coefficient (Wildman–Crippen LogP) is 4.85. The molecule has 1 unspecified atom stereocenters. The van der Waals surface area contributed by atoms with Crippen molar-refractivity contribution in [2.75, 3.05) is 0 Å². The lowest BCUT2D eigenvalue weighted by atomic mass is 10.0. The monoisotopic (exact) mass is 273 g/mol. The van der Waals surface area contributed by atoms with E-state index in [9.17, 15) is 0 Å². The van der Waals surface area contributed by atoms with Crippen LogP contribution in [0.25, 0.3) is 0 Å². The highest BCUT2D eigenvalue weighted by Crippen LogP contribution is 2.26. The number of nitrogens with one attached hydrogen (secondary N) is 1. The second-order valence-corrected chi connectivity index (χ2v) is 6.59. The van der Waals surface area contributed by atoms with Crippen LogP contribution in [0.2, 0.25) is 0 Å². The summed E-state index contributed by atoms with van der Waals surface area (Å²) in [5.41, 5.74) is 4.06. The van der Waals surface area contributed by atoms with Crippen molar-refractivity contribution < 1.29 is 0 Å². The fourth-order valence-corrected chi connectivity index (χ4v) is 3.51. The van der Waals surface area contributed by atoms with Gasteiger partial charge in [-0.2, -0.15) is 0 Å². The van der Waals surface area contributed by atoms with Crippen LogP contribution in [0.3, 0.4) is 0 Å². The average Bonchev–Trinajstić information content (AvgIpc) is 2.81. The van der Waals surface area contributed by atoms with Crippen molar-refractivity contribution in [3.63, 3.8) is 0 Å². The molecule has 0 saturated carbocycles. The third-order valence-corrected chi connectivity index (χ3v) is 4.28. The molecule has 1 atom stereocenters. The summed E-state index contributed by atoms with van der Waals surface area (Å²) in [7, 11) is 0. The third-order valence-electron chi connectivity index (χ3n) is 3.32. The van der Waals surface area contributed by atoms with Crippen LogP contribution in [-0.2, 0) is 6.54 Å². The highest BCUT2D eigenvalue weighted by Gasteiger charge is 2.15. The molecule has 0 amide bonds. The number of rotatable bonds is 5. The molecule has 0 fully saturated rings. The first kappa shape index (κ1) is 14.3. The largest absolute Gasteiger partial charge is 0.305 e. The van der Waals surface area contributed by atoms with Crippen molar-refractivity contribution in [2.45, 2.75) is 40.3 Å². The molecule has 0 aliphatic heterocycles. The first-order chi connectivity index (χ1) is 9.06. The molecule has 102 valence electrons. The molecule has 0 radical (unpaired) electrons. The first-order valence-corrected chi connectivity index (χ1v) is 7.78. The van der Waals surface area contributed by atoms with Crippen LogP contribution >= 0.6 is 11.3 Å². The van der Waals surface area contributed by atoms with Gasteiger partial charge in [-0.05, 0) is 36.8 Å². The Morgan fingerprint density at radius 1 is 1.11 bits per heavy atom. The maximum Gasteiger partial charge on any atom is 0.0440 e. The molecule has 0 aliphatic carbocycles. The van der Waals surface area contributed by atoms with Crippen molar-refractivity contribution in [3.8, 4) is 0 Å². The molecule has 1 aromatic carbocycles.